The average molecular weight is 550 g/mol. The van der Waals surface area contributed by atoms with Crippen LogP contribution in [-0.2, 0) is 14.3 Å². The van der Waals surface area contributed by atoms with Crippen LogP contribution in [0.1, 0.15) is 51.5 Å². The minimum atomic E-state index is -1.68. The van der Waals surface area contributed by atoms with Gasteiger partial charge in [0.15, 0.2) is 0 Å². The SMILES string of the molecule is CCC/C(=C\c1ccc(O)cc1Cl)CC[C@H]1OC[C@H]2C1=C(C)C[C@H]1C(=O)N(c3cccc(B(O)O)c3)C(=O)[C@H]12. The number of allylic oxidation sites excluding steroid dienone is 2. The number of carbonyl (C=O) groups excluding carboxylic acids is 2. The first-order valence-electron chi connectivity index (χ1n) is 13.5. The Balaban J connectivity index is 1.35. The molecule has 39 heavy (non-hydrogen) atoms. The summed E-state index contributed by atoms with van der Waals surface area (Å²) in [5.74, 6) is -1.42. The highest BCUT2D eigenvalue weighted by Gasteiger charge is 2.56. The number of phenolic OH excluding ortho intramolecular Hbond substituents is 1. The molecule has 2 fully saturated rings. The smallest absolute Gasteiger partial charge is 0.488 e. The van der Waals surface area contributed by atoms with Gasteiger partial charge in [-0.05, 0) is 79.5 Å². The summed E-state index contributed by atoms with van der Waals surface area (Å²) in [5, 5.41) is 29.3. The van der Waals surface area contributed by atoms with Gasteiger partial charge in [-0.25, -0.2) is 0 Å². The van der Waals surface area contributed by atoms with Crippen molar-refractivity contribution in [3.05, 3.63) is 69.8 Å². The zero-order chi connectivity index (χ0) is 27.8. The second-order valence-electron chi connectivity index (χ2n) is 10.8. The Bertz CT molecular complexity index is 1350. The molecule has 0 saturated carbocycles. The predicted molar refractivity (Wildman–Crippen MR) is 152 cm³/mol. The molecule has 9 heteroatoms. The summed E-state index contributed by atoms with van der Waals surface area (Å²) in [5.41, 5.74) is 4.97. The lowest BCUT2D eigenvalue weighted by Crippen LogP contribution is -2.35. The van der Waals surface area contributed by atoms with E-state index in [1.807, 2.05) is 13.0 Å². The van der Waals surface area contributed by atoms with Gasteiger partial charge in [0, 0.05) is 5.92 Å². The fourth-order valence-corrected chi connectivity index (χ4v) is 6.70. The molecule has 0 aromatic heterocycles. The van der Waals surface area contributed by atoms with Gasteiger partial charge in [-0.3, -0.25) is 14.5 Å². The van der Waals surface area contributed by atoms with Crippen LogP contribution in [0.15, 0.2) is 59.2 Å². The van der Waals surface area contributed by atoms with E-state index in [9.17, 15) is 24.7 Å². The number of halogens is 1. The zero-order valence-corrected chi connectivity index (χ0v) is 22.9. The maximum atomic E-state index is 13.7. The highest BCUT2D eigenvalue weighted by atomic mass is 35.5. The van der Waals surface area contributed by atoms with Crippen LogP contribution < -0.4 is 10.4 Å². The van der Waals surface area contributed by atoms with Crippen LogP contribution >= 0.6 is 11.6 Å². The van der Waals surface area contributed by atoms with Crippen LogP contribution in [0.4, 0.5) is 5.69 Å². The van der Waals surface area contributed by atoms with E-state index in [2.05, 4.69) is 13.0 Å². The Morgan fingerprint density at radius 1 is 1.13 bits per heavy atom. The lowest BCUT2D eigenvalue weighted by molar-refractivity contribution is -0.122. The molecule has 4 atom stereocenters. The van der Waals surface area contributed by atoms with Crippen LogP contribution in [0.5, 0.6) is 5.75 Å². The molecule has 0 spiro atoms. The molecule has 7 nitrogen and oxygen atoms in total. The first-order valence-corrected chi connectivity index (χ1v) is 13.9. The van der Waals surface area contributed by atoms with Crippen LogP contribution in [0.25, 0.3) is 6.08 Å². The molecular formula is C30H33BClNO6. The van der Waals surface area contributed by atoms with Gasteiger partial charge in [0.1, 0.15) is 5.75 Å². The van der Waals surface area contributed by atoms with Crippen molar-refractivity contribution in [2.24, 2.45) is 17.8 Å². The van der Waals surface area contributed by atoms with Crippen molar-refractivity contribution in [2.45, 2.75) is 52.1 Å². The zero-order valence-electron chi connectivity index (χ0n) is 22.1. The fourth-order valence-electron chi connectivity index (χ4n) is 6.47. The number of carbonyl (C=O) groups is 2. The summed E-state index contributed by atoms with van der Waals surface area (Å²) in [6.07, 6.45) is 5.97. The van der Waals surface area contributed by atoms with Crippen molar-refractivity contribution in [1.29, 1.82) is 0 Å². The number of anilines is 1. The molecule has 204 valence electrons. The number of ether oxygens (including phenoxy) is 1. The summed E-state index contributed by atoms with van der Waals surface area (Å²) in [7, 11) is -1.68. The number of hydrogen-bond donors (Lipinski definition) is 3. The van der Waals surface area contributed by atoms with Crippen molar-refractivity contribution < 1.29 is 29.5 Å². The van der Waals surface area contributed by atoms with Crippen LogP contribution in [0.3, 0.4) is 0 Å². The number of nitrogens with zero attached hydrogens (tertiary/aromatic N) is 1. The number of rotatable bonds is 8. The standard InChI is InChI=1S/C30H33BClNO6/c1-3-5-18(13-19-9-10-22(34)15-25(19)32)8-11-26-27-17(2)12-23-28(24(27)16-39-26)30(36)33(29(23)35)21-7-4-6-20(14-21)31(37)38/h4,6-7,9-10,13-15,23-24,26,28,34,37-38H,3,5,8,11-12,16H2,1-2H3/b18-13+/t23-,24+,26-,28-/m1/s1. The lowest BCUT2D eigenvalue weighted by atomic mass is 9.70. The lowest BCUT2D eigenvalue weighted by Gasteiger charge is -2.30. The molecule has 1 aliphatic carbocycles. The second-order valence-corrected chi connectivity index (χ2v) is 11.2. The number of benzene rings is 2. The van der Waals surface area contributed by atoms with Crippen molar-refractivity contribution in [1.82, 2.24) is 0 Å². The van der Waals surface area contributed by atoms with E-state index in [0.717, 1.165) is 42.4 Å². The molecule has 0 radical (unpaired) electrons. The van der Waals surface area contributed by atoms with Gasteiger partial charge in [-0.1, -0.05) is 54.3 Å². The topological polar surface area (TPSA) is 107 Å². The molecule has 0 bridgehead atoms. The van der Waals surface area contributed by atoms with Gasteiger partial charge >= 0.3 is 7.12 Å². The molecule has 2 amide bonds. The van der Waals surface area contributed by atoms with E-state index in [4.69, 9.17) is 16.3 Å². The van der Waals surface area contributed by atoms with Gasteiger partial charge in [0.05, 0.1) is 35.3 Å². The Hall–Kier alpha value is -2.91. The Labute approximate surface area is 233 Å². The van der Waals surface area contributed by atoms with Crippen LogP contribution in [0, 0.1) is 17.8 Å². The number of amides is 2. The number of hydrogen-bond acceptors (Lipinski definition) is 6. The van der Waals surface area contributed by atoms with E-state index in [1.165, 1.54) is 16.5 Å². The minimum absolute atomic E-state index is 0.115. The third-order valence-electron chi connectivity index (χ3n) is 8.22. The van der Waals surface area contributed by atoms with Crippen LogP contribution in [0.2, 0.25) is 5.02 Å². The molecule has 2 aromatic carbocycles. The minimum Gasteiger partial charge on any atom is -0.508 e. The van der Waals surface area contributed by atoms with E-state index in [0.29, 0.717) is 23.7 Å². The normalized spacial score (nSPS) is 24.8. The van der Waals surface area contributed by atoms with E-state index >= 15 is 0 Å². The number of phenols is 1. The summed E-state index contributed by atoms with van der Waals surface area (Å²) < 4.78 is 6.28. The van der Waals surface area contributed by atoms with E-state index in [1.54, 1.807) is 30.3 Å². The number of imide groups is 1. The third-order valence-corrected chi connectivity index (χ3v) is 8.55. The van der Waals surface area contributed by atoms with Gasteiger partial charge < -0.3 is 19.9 Å². The molecule has 2 saturated heterocycles. The molecule has 2 heterocycles. The number of aromatic hydroxyl groups is 1. The summed E-state index contributed by atoms with van der Waals surface area (Å²) >= 11 is 6.34. The molecular weight excluding hydrogens is 517 g/mol. The first-order chi connectivity index (χ1) is 18.7. The van der Waals surface area contributed by atoms with E-state index in [-0.39, 0.29) is 35.0 Å². The number of fused-ring (bicyclic) bond motifs is 3. The average Bonchev–Trinajstić information content (AvgIpc) is 3.43. The quantitative estimate of drug-likeness (QED) is 0.258. The van der Waals surface area contributed by atoms with Crippen molar-refractivity contribution in [2.75, 3.05) is 11.5 Å². The summed E-state index contributed by atoms with van der Waals surface area (Å²) in [6.45, 7) is 4.58. The second kappa shape index (κ2) is 11.3. The van der Waals surface area contributed by atoms with Gasteiger partial charge in [0.25, 0.3) is 0 Å². The molecule has 5 rings (SSSR count). The molecule has 2 aliphatic heterocycles. The third kappa shape index (κ3) is 5.31. The van der Waals surface area contributed by atoms with E-state index < -0.39 is 19.0 Å². The Kier molecular flexibility index (Phi) is 8.01. The predicted octanol–water partition coefficient (Wildman–Crippen LogP) is 4.23. The molecule has 0 unspecified atom stereocenters. The summed E-state index contributed by atoms with van der Waals surface area (Å²) in [6, 6.07) is 11.3. The largest absolute Gasteiger partial charge is 0.508 e. The Morgan fingerprint density at radius 3 is 2.64 bits per heavy atom. The fraction of sp³-hybridized carbons (Fsp3) is 0.400. The highest BCUT2D eigenvalue weighted by Crippen LogP contribution is 2.50. The Morgan fingerprint density at radius 2 is 1.92 bits per heavy atom. The monoisotopic (exact) mass is 549 g/mol. The molecule has 3 N–H and O–H groups in total. The van der Waals surface area contributed by atoms with Crippen molar-refractivity contribution in [3.8, 4) is 5.75 Å². The molecule has 2 aromatic rings. The van der Waals surface area contributed by atoms with Crippen molar-refractivity contribution >= 4 is 47.8 Å². The van der Waals surface area contributed by atoms with Gasteiger partial charge in [-0.15, -0.1) is 0 Å². The first kappa shape index (κ1) is 27.7. The highest BCUT2D eigenvalue weighted by molar-refractivity contribution is 6.58. The van der Waals surface area contributed by atoms with Crippen LogP contribution in [-0.4, -0.2) is 46.8 Å². The summed E-state index contributed by atoms with van der Waals surface area (Å²) in [4.78, 5) is 28.3. The van der Waals surface area contributed by atoms with Gasteiger partial charge in [0.2, 0.25) is 11.8 Å². The van der Waals surface area contributed by atoms with Crippen molar-refractivity contribution in [3.63, 3.8) is 0 Å². The maximum absolute atomic E-state index is 13.7. The van der Waals surface area contributed by atoms with Gasteiger partial charge in [-0.2, -0.15) is 0 Å². The maximum Gasteiger partial charge on any atom is 0.488 e. The molecule has 3 aliphatic rings.